The van der Waals surface area contributed by atoms with Crippen molar-refractivity contribution in [2.75, 3.05) is 20.3 Å². The normalized spacial score (nSPS) is 11.2. The van der Waals surface area contributed by atoms with E-state index in [4.69, 9.17) is 16.3 Å². The summed E-state index contributed by atoms with van der Waals surface area (Å²) in [5.41, 5.74) is 3.73. The third-order valence-corrected chi connectivity index (χ3v) is 4.16. The SMILES string of the molecule is COCCNCc1cn(Cc2ccccc2)c2cc(Cl)ccc12. The summed E-state index contributed by atoms with van der Waals surface area (Å²) >= 11 is 6.20. The van der Waals surface area contributed by atoms with Crippen LogP contribution < -0.4 is 5.32 Å². The van der Waals surface area contributed by atoms with E-state index in [9.17, 15) is 0 Å². The van der Waals surface area contributed by atoms with Crippen LogP contribution in [0.15, 0.2) is 54.7 Å². The predicted molar refractivity (Wildman–Crippen MR) is 96.1 cm³/mol. The number of hydrogen-bond donors (Lipinski definition) is 1. The van der Waals surface area contributed by atoms with Crippen LogP contribution in [-0.4, -0.2) is 24.8 Å². The van der Waals surface area contributed by atoms with Gasteiger partial charge in [-0.25, -0.2) is 0 Å². The lowest BCUT2D eigenvalue weighted by atomic mass is 10.2. The van der Waals surface area contributed by atoms with Crippen LogP contribution in [-0.2, 0) is 17.8 Å². The molecule has 120 valence electrons. The van der Waals surface area contributed by atoms with Crippen molar-refractivity contribution < 1.29 is 4.74 Å². The van der Waals surface area contributed by atoms with Crippen molar-refractivity contribution >= 4 is 22.5 Å². The van der Waals surface area contributed by atoms with Crippen molar-refractivity contribution in [2.45, 2.75) is 13.1 Å². The lowest BCUT2D eigenvalue weighted by Gasteiger charge is -2.05. The summed E-state index contributed by atoms with van der Waals surface area (Å²) < 4.78 is 7.35. The zero-order chi connectivity index (χ0) is 16.1. The lowest BCUT2D eigenvalue weighted by molar-refractivity contribution is 0.199. The first-order chi connectivity index (χ1) is 11.3. The second kappa shape index (κ2) is 7.64. The van der Waals surface area contributed by atoms with Gasteiger partial charge in [-0.1, -0.05) is 48.0 Å². The average Bonchev–Trinajstić information content (AvgIpc) is 2.90. The fourth-order valence-corrected chi connectivity index (χ4v) is 2.96. The summed E-state index contributed by atoms with van der Waals surface area (Å²) in [6.07, 6.45) is 2.22. The number of aromatic nitrogens is 1. The molecule has 0 saturated heterocycles. The highest BCUT2D eigenvalue weighted by Gasteiger charge is 2.09. The summed E-state index contributed by atoms with van der Waals surface area (Å²) in [6, 6.07) is 16.6. The third kappa shape index (κ3) is 3.94. The van der Waals surface area contributed by atoms with Crippen molar-refractivity contribution in [1.82, 2.24) is 9.88 Å². The fourth-order valence-electron chi connectivity index (χ4n) is 2.79. The molecule has 0 aliphatic rings. The molecular weight excluding hydrogens is 308 g/mol. The second-order valence-electron chi connectivity index (χ2n) is 5.60. The topological polar surface area (TPSA) is 26.2 Å². The molecule has 23 heavy (non-hydrogen) atoms. The predicted octanol–water partition coefficient (Wildman–Crippen LogP) is 4.08. The van der Waals surface area contributed by atoms with Gasteiger partial charge in [0.1, 0.15) is 0 Å². The van der Waals surface area contributed by atoms with Crippen LogP contribution in [0.1, 0.15) is 11.1 Å². The number of halogens is 1. The molecule has 3 rings (SSSR count). The van der Waals surface area contributed by atoms with Crippen molar-refractivity contribution in [3.8, 4) is 0 Å². The Morgan fingerprint density at radius 3 is 2.74 bits per heavy atom. The van der Waals surface area contributed by atoms with Gasteiger partial charge in [0.15, 0.2) is 0 Å². The number of rotatable bonds is 7. The van der Waals surface area contributed by atoms with Crippen LogP contribution in [0, 0.1) is 0 Å². The smallest absolute Gasteiger partial charge is 0.0587 e. The first kappa shape index (κ1) is 16.1. The highest BCUT2D eigenvalue weighted by atomic mass is 35.5. The Kier molecular flexibility index (Phi) is 5.34. The van der Waals surface area contributed by atoms with Crippen molar-refractivity contribution in [1.29, 1.82) is 0 Å². The lowest BCUT2D eigenvalue weighted by Crippen LogP contribution is -2.18. The van der Waals surface area contributed by atoms with Crippen molar-refractivity contribution in [3.63, 3.8) is 0 Å². The van der Waals surface area contributed by atoms with Crippen LogP contribution >= 0.6 is 11.6 Å². The Balaban J connectivity index is 1.89. The minimum Gasteiger partial charge on any atom is -0.383 e. The van der Waals surface area contributed by atoms with E-state index < -0.39 is 0 Å². The van der Waals surface area contributed by atoms with Gasteiger partial charge in [-0.2, -0.15) is 0 Å². The molecule has 1 aromatic heterocycles. The van der Waals surface area contributed by atoms with Crippen LogP contribution in [0.4, 0.5) is 0 Å². The summed E-state index contributed by atoms with van der Waals surface area (Å²) in [5, 5.41) is 5.43. The van der Waals surface area contributed by atoms with E-state index in [2.05, 4.69) is 46.4 Å². The standard InChI is InChI=1S/C19H21ClN2O/c1-23-10-9-21-12-16-14-22(13-15-5-3-2-4-6-15)19-11-17(20)7-8-18(16)19/h2-8,11,14,21H,9-10,12-13H2,1H3. The summed E-state index contributed by atoms with van der Waals surface area (Å²) in [7, 11) is 1.72. The third-order valence-electron chi connectivity index (χ3n) is 3.92. The number of hydrogen-bond acceptors (Lipinski definition) is 2. The van der Waals surface area contributed by atoms with Crippen LogP contribution in [0.25, 0.3) is 10.9 Å². The number of nitrogens with one attached hydrogen (secondary N) is 1. The van der Waals surface area contributed by atoms with Gasteiger partial charge in [-0.05, 0) is 23.3 Å². The number of ether oxygens (including phenoxy) is 1. The van der Waals surface area contributed by atoms with E-state index in [1.165, 1.54) is 22.0 Å². The molecule has 1 N–H and O–H groups in total. The van der Waals surface area contributed by atoms with Gasteiger partial charge in [0.2, 0.25) is 0 Å². The van der Waals surface area contributed by atoms with E-state index in [0.29, 0.717) is 6.61 Å². The van der Waals surface area contributed by atoms with Gasteiger partial charge >= 0.3 is 0 Å². The molecule has 0 spiro atoms. The van der Waals surface area contributed by atoms with Crippen LogP contribution in [0.2, 0.25) is 5.02 Å². The molecule has 0 radical (unpaired) electrons. The Labute approximate surface area is 141 Å². The first-order valence-electron chi connectivity index (χ1n) is 7.79. The summed E-state index contributed by atoms with van der Waals surface area (Å²) in [4.78, 5) is 0. The minimum absolute atomic E-state index is 0.717. The average molecular weight is 329 g/mol. The van der Waals surface area contributed by atoms with Gasteiger partial charge < -0.3 is 14.6 Å². The maximum absolute atomic E-state index is 6.20. The minimum atomic E-state index is 0.717. The highest BCUT2D eigenvalue weighted by Crippen LogP contribution is 2.25. The summed E-state index contributed by atoms with van der Waals surface area (Å²) in [6.45, 7) is 3.23. The quantitative estimate of drug-likeness (QED) is 0.661. The molecule has 3 nitrogen and oxygen atoms in total. The monoisotopic (exact) mass is 328 g/mol. The molecule has 1 heterocycles. The molecule has 0 amide bonds. The van der Waals surface area contributed by atoms with Crippen LogP contribution in [0.5, 0.6) is 0 Å². The Morgan fingerprint density at radius 1 is 1.13 bits per heavy atom. The van der Waals surface area contributed by atoms with E-state index >= 15 is 0 Å². The molecule has 0 saturated carbocycles. The summed E-state index contributed by atoms with van der Waals surface area (Å²) in [5.74, 6) is 0. The zero-order valence-corrected chi connectivity index (χ0v) is 14.0. The van der Waals surface area contributed by atoms with Gasteiger partial charge in [0.05, 0.1) is 12.1 Å². The molecule has 0 bridgehead atoms. The Morgan fingerprint density at radius 2 is 1.96 bits per heavy atom. The molecule has 0 fully saturated rings. The van der Waals surface area contributed by atoms with E-state index in [1.807, 2.05) is 18.2 Å². The largest absolute Gasteiger partial charge is 0.383 e. The molecule has 2 aromatic carbocycles. The Bertz CT molecular complexity index is 768. The highest BCUT2D eigenvalue weighted by molar-refractivity contribution is 6.31. The van der Waals surface area contributed by atoms with Crippen molar-refractivity contribution in [2.24, 2.45) is 0 Å². The molecule has 4 heteroatoms. The zero-order valence-electron chi connectivity index (χ0n) is 13.3. The first-order valence-corrected chi connectivity index (χ1v) is 8.16. The molecular formula is C19H21ClN2O. The second-order valence-corrected chi connectivity index (χ2v) is 6.04. The van der Waals surface area contributed by atoms with Gasteiger partial charge in [-0.3, -0.25) is 0 Å². The molecule has 3 aromatic rings. The maximum Gasteiger partial charge on any atom is 0.0587 e. The van der Waals surface area contributed by atoms with E-state index in [-0.39, 0.29) is 0 Å². The molecule has 0 unspecified atom stereocenters. The maximum atomic E-state index is 6.20. The molecule has 0 atom stereocenters. The number of nitrogens with zero attached hydrogens (tertiary/aromatic N) is 1. The number of methoxy groups -OCH3 is 1. The van der Waals surface area contributed by atoms with Gasteiger partial charge in [0.25, 0.3) is 0 Å². The number of benzene rings is 2. The Hall–Kier alpha value is -1.81. The van der Waals surface area contributed by atoms with Crippen molar-refractivity contribution in [3.05, 3.63) is 70.9 Å². The van der Waals surface area contributed by atoms with E-state index in [0.717, 1.165) is 24.7 Å². The fraction of sp³-hybridized carbons (Fsp3) is 0.263. The van der Waals surface area contributed by atoms with Gasteiger partial charge in [0, 0.05) is 43.3 Å². The van der Waals surface area contributed by atoms with Gasteiger partial charge in [-0.15, -0.1) is 0 Å². The molecule has 0 aliphatic heterocycles. The molecule has 0 aliphatic carbocycles. The van der Waals surface area contributed by atoms with E-state index in [1.54, 1.807) is 7.11 Å². The van der Waals surface area contributed by atoms with Crippen LogP contribution in [0.3, 0.4) is 0 Å². The number of fused-ring (bicyclic) bond motifs is 1.